The maximum atomic E-state index is 12.9. The molecule has 2 saturated heterocycles. The number of amides is 2. The summed E-state index contributed by atoms with van der Waals surface area (Å²) in [5, 5.41) is 3.24. The van der Waals surface area contributed by atoms with Crippen molar-refractivity contribution in [3.63, 3.8) is 0 Å². The lowest BCUT2D eigenvalue weighted by Crippen LogP contribution is -2.47. The number of likely N-dealkylation sites (tertiary alicyclic amines) is 2. The van der Waals surface area contributed by atoms with E-state index in [1.54, 1.807) is 4.90 Å². The van der Waals surface area contributed by atoms with E-state index in [2.05, 4.69) is 10.2 Å². The normalized spacial score (nSPS) is 22.6. The lowest BCUT2D eigenvalue weighted by molar-refractivity contribution is -0.124. The van der Waals surface area contributed by atoms with Crippen LogP contribution in [0.3, 0.4) is 0 Å². The minimum absolute atomic E-state index is 0.127. The molecule has 2 aliphatic heterocycles. The molecule has 1 spiro atoms. The number of piperidine rings is 2. The summed E-state index contributed by atoms with van der Waals surface area (Å²) in [5.74, 6) is 0.00239. The number of nitrogens with zero attached hydrogens (tertiary/aromatic N) is 2. The van der Waals surface area contributed by atoms with Crippen LogP contribution in [0.1, 0.15) is 54.9 Å². The van der Waals surface area contributed by atoms with E-state index in [4.69, 9.17) is 9.47 Å². The highest BCUT2D eigenvalue weighted by Gasteiger charge is 2.58. The highest BCUT2D eigenvalue weighted by atomic mass is 16.6. The van der Waals surface area contributed by atoms with E-state index >= 15 is 0 Å². The van der Waals surface area contributed by atoms with Gasteiger partial charge in [0.15, 0.2) is 0 Å². The van der Waals surface area contributed by atoms with E-state index in [9.17, 15) is 14.4 Å². The van der Waals surface area contributed by atoms with Crippen LogP contribution >= 0.6 is 0 Å². The number of methoxy groups -OCH3 is 1. The number of ether oxygens (including phenoxy) is 2. The van der Waals surface area contributed by atoms with Crippen molar-refractivity contribution < 1.29 is 23.9 Å². The Kier molecular flexibility index (Phi) is 7.22. The summed E-state index contributed by atoms with van der Waals surface area (Å²) in [7, 11) is 1.39. The highest BCUT2D eigenvalue weighted by Crippen LogP contribution is 2.59. The molecule has 1 aromatic carbocycles. The topological polar surface area (TPSA) is 88.2 Å². The average molecular weight is 458 g/mol. The fourth-order valence-electron chi connectivity index (χ4n) is 5.27. The van der Waals surface area contributed by atoms with Crippen molar-refractivity contribution in [1.82, 2.24) is 15.1 Å². The van der Waals surface area contributed by atoms with Crippen molar-refractivity contribution in [1.29, 1.82) is 0 Å². The molecule has 0 aromatic heterocycles. The number of carbonyl (C=O) groups is 3. The second-order valence-electron chi connectivity index (χ2n) is 9.55. The quantitative estimate of drug-likeness (QED) is 0.661. The van der Waals surface area contributed by atoms with Gasteiger partial charge in [0.1, 0.15) is 0 Å². The van der Waals surface area contributed by atoms with E-state index in [1.165, 1.54) is 12.7 Å². The number of benzene rings is 1. The molecular formula is C25H35N3O5. The Morgan fingerprint density at radius 2 is 1.73 bits per heavy atom. The fraction of sp³-hybridized carbons (Fsp3) is 0.640. The second kappa shape index (κ2) is 10.1. The summed E-state index contributed by atoms with van der Waals surface area (Å²) in [6.45, 7) is 6.29. The predicted molar refractivity (Wildman–Crippen MR) is 123 cm³/mol. The molecule has 1 unspecified atom stereocenters. The van der Waals surface area contributed by atoms with Crippen LogP contribution in [-0.4, -0.2) is 73.7 Å². The van der Waals surface area contributed by atoms with Crippen molar-refractivity contribution in [2.45, 2.75) is 51.6 Å². The predicted octanol–water partition coefficient (Wildman–Crippen LogP) is 2.81. The van der Waals surface area contributed by atoms with Gasteiger partial charge in [-0.25, -0.2) is 9.59 Å². The van der Waals surface area contributed by atoms with Gasteiger partial charge in [-0.2, -0.15) is 0 Å². The van der Waals surface area contributed by atoms with Crippen LogP contribution in [0.25, 0.3) is 0 Å². The van der Waals surface area contributed by atoms with Gasteiger partial charge in [0, 0.05) is 31.6 Å². The third-order valence-electron chi connectivity index (χ3n) is 7.51. The third-order valence-corrected chi connectivity index (χ3v) is 7.51. The summed E-state index contributed by atoms with van der Waals surface area (Å²) in [5.41, 5.74) is 1.91. The Hall–Kier alpha value is -2.61. The van der Waals surface area contributed by atoms with Gasteiger partial charge in [-0.3, -0.25) is 9.69 Å². The summed E-state index contributed by atoms with van der Waals surface area (Å²) in [6.07, 6.45) is 4.40. The molecule has 2 amide bonds. The Morgan fingerprint density at radius 3 is 2.33 bits per heavy atom. The first-order valence-electron chi connectivity index (χ1n) is 12.1. The van der Waals surface area contributed by atoms with E-state index in [0.717, 1.165) is 51.7 Å². The number of esters is 1. The lowest BCUT2D eigenvalue weighted by Gasteiger charge is -2.34. The molecule has 0 bridgehead atoms. The Labute approximate surface area is 195 Å². The molecule has 1 aromatic rings. The minimum atomic E-state index is -0.316. The van der Waals surface area contributed by atoms with Crippen molar-refractivity contribution in [3.05, 3.63) is 35.4 Å². The monoisotopic (exact) mass is 457 g/mol. The average Bonchev–Trinajstić information content (AvgIpc) is 3.55. The zero-order valence-electron chi connectivity index (χ0n) is 19.7. The van der Waals surface area contributed by atoms with E-state index in [0.29, 0.717) is 25.3 Å². The first-order chi connectivity index (χ1) is 15.9. The molecule has 2 heterocycles. The molecule has 1 atom stereocenters. The third kappa shape index (κ3) is 5.49. The summed E-state index contributed by atoms with van der Waals surface area (Å²) in [4.78, 5) is 40.5. The van der Waals surface area contributed by atoms with Crippen LogP contribution in [0.4, 0.5) is 4.79 Å². The largest absolute Gasteiger partial charge is 0.465 e. The number of hydrogen-bond donors (Lipinski definition) is 1. The standard InChI is InChI=1S/C25H35N3O5/c1-3-33-24(31)28-12-8-20(9-13-28)26-22(29)21-16-25(21)10-14-27(15-11-25)17-18-4-6-19(7-5-18)23(30)32-2/h4-7,20-21H,3,8-17H2,1-2H3,(H,26,29). The fourth-order valence-corrected chi connectivity index (χ4v) is 5.27. The molecule has 1 aliphatic carbocycles. The van der Waals surface area contributed by atoms with Gasteiger partial charge in [-0.05, 0) is 75.2 Å². The summed E-state index contributed by atoms with van der Waals surface area (Å²) < 4.78 is 9.82. The molecule has 8 nitrogen and oxygen atoms in total. The molecule has 8 heteroatoms. The van der Waals surface area contributed by atoms with Crippen molar-refractivity contribution in [2.75, 3.05) is 39.9 Å². The molecule has 0 radical (unpaired) electrons. The van der Waals surface area contributed by atoms with Crippen molar-refractivity contribution in [2.24, 2.45) is 11.3 Å². The number of rotatable bonds is 6. The van der Waals surface area contributed by atoms with Crippen LogP contribution in [-0.2, 0) is 20.8 Å². The van der Waals surface area contributed by atoms with Crippen LogP contribution in [0.2, 0.25) is 0 Å². The Morgan fingerprint density at radius 1 is 1.06 bits per heavy atom. The first-order valence-corrected chi connectivity index (χ1v) is 12.1. The van der Waals surface area contributed by atoms with E-state index < -0.39 is 0 Å². The zero-order chi connectivity index (χ0) is 23.4. The maximum absolute atomic E-state index is 12.9. The van der Waals surface area contributed by atoms with Crippen LogP contribution in [0.15, 0.2) is 24.3 Å². The molecule has 1 N–H and O–H groups in total. The van der Waals surface area contributed by atoms with Gasteiger partial charge in [0.05, 0.1) is 19.3 Å². The highest BCUT2D eigenvalue weighted by molar-refractivity contribution is 5.89. The van der Waals surface area contributed by atoms with Gasteiger partial charge < -0.3 is 19.7 Å². The van der Waals surface area contributed by atoms with Crippen molar-refractivity contribution in [3.8, 4) is 0 Å². The van der Waals surface area contributed by atoms with Gasteiger partial charge in [-0.1, -0.05) is 12.1 Å². The van der Waals surface area contributed by atoms with E-state index in [-0.39, 0.29) is 35.3 Å². The Balaban J connectivity index is 1.19. The molecular weight excluding hydrogens is 422 g/mol. The molecule has 3 aliphatic rings. The summed E-state index contributed by atoms with van der Waals surface area (Å²) >= 11 is 0. The molecule has 180 valence electrons. The molecule has 33 heavy (non-hydrogen) atoms. The van der Waals surface area contributed by atoms with Crippen molar-refractivity contribution >= 4 is 18.0 Å². The van der Waals surface area contributed by atoms with Crippen LogP contribution in [0.5, 0.6) is 0 Å². The SMILES string of the molecule is CCOC(=O)N1CCC(NC(=O)C2CC23CCN(Cc2ccc(C(=O)OC)cc2)CC3)CC1. The van der Waals surface area contributed by atoms with Gasteiger partial charge in [-0.15, -0.1) is 0 Å². The van der Waals surface area contributed by atoms with Crippen LogP contribution in [0, 0.1) is 11.3 Å². The molecule has 1 saturated carbocycles. The smallest absolute Gasteiger partial charge is 0.409 e. The van der Waals surface area contributed by atoms with Gasteiger partial charge in [0.2, 0.25) is 5.91 Å². The first kappa shape index (κ1) is 23.5. The summed E-state index contributed by atoms with van der Waals surface area (Å²) in [6, 6.07) is 7.74. The minimum Gasteiger partial charge on any atom is -0.465 e. The molecule has 4 rings (SSSR count). The van der Waals surface area contributed by atoms with Gasteiger partial charge >= 0.3 is 12.1 Å². The maximum Gasteiger partial charge on any atom is 0.409 e. The number of carbonyl (C=O) groups excluding carboxylic acids is 3. The Bertz CT molecular complexity index is 855. The number of hydrogen-bond acceptors (Lipinski definition) is 6. The number of nitrogens with one attached hydrogen (secondary N) is 1. The molecule has 3 fully saturated rings. The second-order valence-corrected chi connectivity index (χ2v) is 9.55. The zero-order valence-corrected chi connectivity index (χ0v) is 19.7. The lowest BCUT2D eigenvalue weighted by atomic mass is 9.90. The van der Waals surface area contributed by atoms with E-state index in [1.807, 2.05) is 31.2 Å². The van der Waals surface area contributed by atoms with Gasteiger partial charge in [0.25, 0.3) is 0 Å². The van der Waals surface area contributed by atoms with Crippen LogP contribution < -0.4 is 5.32 Å².